The van der Waals surface area contributed by atoms with Crippen molar-refractivity contribution in [2.75, 3.05) is 13.2 Å². The molecule has 1 saturated carbocycles. The van der Waals surface area contributed by atoms with E-state index in [0.717, 1.165) is 18.8 Å². The normalized spacial score (nSPS) is 23.9. The molecule has 0 aliphatic heterocycles. The van der Waals surface area contributed by atoms with Crippen molar-refractivity contribution in [2.45, 2.75) is 33.1 Å². The first-order valence-electron chi connectivity index (χ1n) is 8.30. The van der Waals surface area contributed by atoms with Crippen LogP contribution in [0.15, 0.2) is 29.8 Å². The second kappa shape index (κ2) is 6.97. The summed E-state index contributed by atoms with van der Waals surface area (Å²) in [7, 11) is 0. The minimum atomic E-state index is -0.386. The van der Waals surface area contributed by atoms with Crippen LogP contribution >= 0.6 is 23.2 Å². The summed E-state index contributed by atoms with van der Waals surface area (Å²) in [6.07, 6.45) is 5.59. The van der Waals surface area contributed by atoms with Crippen LogP contribution in [0.25, 0.3) is 0 Å². The Morgan fingerprint density at radius 3 is 2.79 bits per heavy atom. The van der Waals surface area contributed by atoms with Gasteiger partial charge in [0.1, 0.15) is 5.75 Å². The number of carbonyl (C=O) groups is 1. The Hall–Kier alpha value is -1.19. The van der Waals surface area contributed by atoms with Crippen molar-refractivity contribution in [2.24, 2.45) is 17.3 Å². The Morgan fingerprint density at radius 2 is 2.12 bits per heavy atom. The third-order valence-electron chi connectivity index (χ3n) is 5.48. The topological polar surface area (TPSA) is 35.5 Å². The maximum atomic E-state index is 11.8. The molecule has 0 radical (unpaired) electrons. The van der Waals surface area contributed by atoms with E-state index in [0.29, 0.717) is 33.7 Å². The lowest BCUT2D eigenvalue weighted by atomic mass is 9.48. The molecular formula is C19H22Cl2O3. The lowest BCUT2D eigenvalue weighted by Crippen LogP contribution is -2.48. The van der Waals surface area contributed by atoms with E-state index in [1.807, 2.05) is 0 Å². The number of fused-ring (bicyclic) bond motifs is 1. The van der Waals surface area contributed by atoms with Gasteiger partial charge in [0.15, 0.2) is 6.61 Å². The molecule has 0 amide bonds. The zero-order chi connectivity index (χ0) is 17.3. The minimum Gasteiger partial charge on any atom is -0.480 e. The number of halogens is 2. The van der Waals surface area contributed by atoms with Gasteiger partial charge in [0.25, 0.3) is 0 Å². The quantitative estimate of drug-likeness (QED) is 0.504. The highest BCUT2D eigenvalue weighted by Gasteiger charge is 2.50. The number of rotatable bonds is 6. The molecule has 130 valence electrons. The molecule has 1 aromatic carbocycles. The smallest absolute Gasteiger partial charge is 0.344 e. The molecular weight excluding hydrogens is 347 g/mol. The molecule has 4 rings (SSSR count). The van der Waals surface area contributed by atoms with E-state index >= 15 is 0 Å². The number of ether oxygens (including phenoxy) is 2. The maximum absolute atomic E-state index is 11.8. The van der Waals surface area contributed by atoms with E-state index in [1.165, 1.54) is 12.0 Å². The Morgan fingerprint density at radius 1 is 1.33 bits per heavy atom. The fraction of sp³-hybridized carbons (Fsp3) is 0.526. The average molecular weight is 369 g/mol. The van der Waals surface area contributed by atoms with Crippen molar-refractivity contribution < 1.29 is 14.3 Å². The molecule has 0 spiro atoms. The molecule has 0 aromatic heterocycles. The Balaban J connectivity index is 1.41. The fourth-order valence-electron chi connectivity index (χ4n) is 3.81. The molecule has 2 bridgehead atoms. The van der Waals surface area contributed by atoms with E-state index in [9.17, 15) is 4.79 Å². The van der Waals surface area contributed by atoms with Crippen molar-refractivity contribution in [3.63, 3.8) is 0 Å². The van der Waals surface area contributed by atoms with Crippen LogP contribution < -0.4 is 4.74 Å². The van der Waals surface area contributed by atoms with E-state index in [4.69, 9.17) is 32.7 Å². The van der Waals surface area contributed by atoms with Crippen molar-refractivity contribution in [1.82, 2.24) is 0 Å². The maximum Gasteiger partial charge on any atom is 0.344 e. The Bertz CT molecular complexity index is 667. The second-order valence-corrected chi connectivity index (χ2v) is 8.00. The molecule has 0 heterocycles. The average Bonchev–Trinajstić information content (AvgIpc) is 2.54. The van der Waals surface area contributed by atoms with Crippen LogP contribution in [0, 0.1) is 17.3 Å². The van der Waals surface area contributed by atoms with Crippen molar-refractivity contribution in [3.05, 3.63) is 39.9 Å². The van der Waals surface area contributed by atoms with Crippen LogP contribution in [0.3, 0.4) is 0 Å². The molecule has 0 N–H and O–H groups in total. The minimum absolute atomic E-state index is 0.155. The summed E-state index contributed by atoms with van der Waals surface area (Å²) in [5, 5.41) is 0.904. The summed E-state index contributed by atoms with van der Waals surface area (Å²) in [5.74, 6) is 1.52. The summed E-state index contributed by atoms with van der Waals surface area (Å²) in [6.45, 7) is 4.93. The van der Waals surface area contributed by atoms with Crippen molar-refractivity contribution in [1.29, 1.82) is 0 Å². The number of esters is 1. The van der Waals surface area contributed by atoms with Gasteiger partial charge in [-0.3, -0.25) is 0 Å². The van der Waals surface area contributed by atoms with Gasteiger partial charge in [0.2, 0.25) is 0 Å². The van der Waals surface area contributed by atoms with Gasteiger partial charge in [0.05, 0.1) is 11.6 Å². The summed E-state index contributed by atoms with van der Waals surface area (Å²) in [6, 6.07) is 4.88. The first-order chi connectivity index (χ1) is 11.4. The Kier molecular flexibility index (Phi) is 5.12. The van der Waals surface area contributed by atoms with Crippen molar-refractivity contribution in [3.8, 4) is 5.75 Å². The first-order valence-corrected chi connectivity index (χ1v) is 9.06. The molecule has 5 heteroatoms. The van der Waals surface area contributed by atoms with Crippen LogP contribution in [0.2, 0.25) is 10.0 Å². The van der Waals surface area contributed by atoms with Gasteiger partial charge < -0.3 is 9.47 Å². The molecule has 1 fully saturated rings. The lowest BCUT2D eigenvalue weighted by Gasteiger charge is -2.56. The summed E-state index contributed by atoms with van der Waals surface area (Å²) < 4.78 is 10.7. The van der Waals surface area contributed by atoms with Crippen LogP contribution in [0.5, 0.6) is 5.75 Å². The molecule has 2 unspecified atom stereocenters. The summed E-state index contributed by atoms with van der Waals surface area (Å²) in [5.41, 5.74) is 1.85. The van der Waals surface area contributed by atoms with Gasteiger partial charge in [-0.05, 0) is 48.3 Å². The number of hydrogen-bond donors (Lipinski definition) is 0. The predicted molar refractivity (Wildman–Crippen MR) is 95.6 cm³/mol. The van der Waals surface area contributed by atoms with Crippen LogP contribution in [0.1, 0.15) is 33.1 Å². The van der Waals surface area contributed by atoms with Crippen LogP contribution in [0.4, 0.5) is 0 Å². The molecule has 2 atom stereocenters. The van der Waals surface area contributed by atoms with Gasteiger partial charge in [0, 0.05) is 11.4 Å². The Labute approximate surface area is 152 Å². The second-order valence-electron chi connectivity index (χ2n) is 7.16. The van der Waals surface area contributed by atoms with Crippen LogP contribution in [-0.4, -0.2) is 19.2 Å². The number of carbonyl (C=O) groups excluding carboxylic acids is 1. The highest BCUT2D eigenvalue weighted by Crippen LogP contribution is 2.59. The third kappa shape index (κ3) is 3.57. The molecule has 3 aliphatic rings. The highest BCUT2D eigenvalue weighted by atomic mass is 35.5. The van der Waals surface area contributed by atoms with Gasteiger partial charge in [-0.1, -0.05) is 48.7 Å². The van der Waals surface area contributed by atoms with Crippen LogP contribution in [-0.2, 0) is 9.53 Å². The first kappa shape index (κ1) is 17.6. The van der Waals surface area contributed by atoms with Crippen molar-refractivity contribution >= 4 is 29.2 Å². The largest absolute Gasteiger partial charge is 0.480 e. The number of allylic oxidation sites excluding steroid dienone is 1. The number of benzene rings is 1. The third-order valence-corrected chi connectivity index (χ3v) is 6.01. The summed E-state index contributed by atoms with van der Waals surface area (Å²) in [4.78, 5) is 11.8. The standard InChI is InChI=1S/C19H22Cl2O3/c1-19(2)13-4-3-12(15(19)9-13)7-8-23-18(22)11-24-17-6-5-14(20)10-16(17)21/h3,5-6,10,13,15H,4,7-9,11H2,1-2H3. The SMILES string of the molecule is CC1(C)C2CC=C(CCOC(=O)COc3ccc(Cl)cc3Cl)C1C2. The molecule has 24 heavy (non-hydrogen) atoms. The van der Waals surface area contributed by atoms with Gasteiger partial charge in [-0.15, -0.1) is 0 Å². The van der Waals surface area contributed by atoms with Gasteiger partial charge in [-0.2, -0.15) is 0 Å². The molecule has 0 saturated heterocycles. The summed E-state index contributed by atoms with van der Waals surface area (Å²) >= 11 is 11.8. The molecule has 1 aromatic rings. The van der Waals surface area contributed by atoms with E-state index in [-0.39, 0.29) is 12.6 Å². The zero-order valence-electron chi connectivity index (χ0n) is 14.0. The van der Waals surface area contributed by atoms with E-state index in [2.05, 4.69) is 19.9 Å². The van der Waals surface area contributed by atoms with E-state index < -0.39 is 0 Å². The van der Waals surface area contributed by atoms with E-state index in [1.54, 1.807) is 18.2 Å². The fourth-order valence-corrected chi connectivity index (χ4v) is 4.27. The zero-order valence-corrected chi connectivity index (χ0v) is 15.5. The van der Waals surface area contributed by atoms with Gasteiger partial charge in [-0.25, -0.2) is 4.79 Å². The predicted octanol–water partition coefficient (Wildman–Crippen LogP) is 5.30. The van der Waals surface area contributed by atoms with Gasteiger partial charge >= 0.3 is 5.97 Å². The highest BCUT2D eigenvalue weighted by molar-refractivity contribution is 6.35. The number of hydrogen-bond acceptors (Lipinski definition) is 3. The molecule has 3 aliphatic carbocycles. The lowest BCUT2D eigenvalue weighted by molar-refractivity contribution is -0.146. The molecule has 3 nitrogen and oxygen atoms in total. The monoisotopic (exact) mass is 368 g/mol.